The molecule has 2 N–H and O–H groups in total. The van der Waals surface area contributed by atoms with Crippen molar-refractivity contribution in [1.82, 2.24) is 15.1 Å². The fraction of sp³-hybridized carbons (Fsp3) is 0.143. The van der Waals surface area contributed by atoms with Gasteiger partial charge in [-0.05, 0) is 34.9 Å². The molecule has 0 atom stereocenters. The molecule has 7 heteroatoms. The number of nitrogens with zero attached hydrogens (tertiary/aromatic N) is 4. The van der Waals surface area contributed by atoms with Gasteiger partial charge in [-0.1, -0.05) is 18.7 Å². The lowest BCUT2D eigenvalue weighted by Crippen LogP contribution is -2.26. The molecule has 28 heavy (non-hydrogen) atoms. The number of fused-ring (bicyclic) bond motifs is 2. The fourth-order valence-electron chi connectivity index (χ4n) is 3.62. The zero-order chi connectivity index (χ0) is 19.8. The summed E-state index contributed by atoms with van der Waals surface area (Å²) in [5, 5.41) is 29.0. The van der Waals surface area contributed by atoms with E-state index >= 15 is 0 Å². The largest absolute Gasteiger partial charge is 0.387 e. The van der Waals surface area contributed by atoms with Crippen molar-refractivity contribution < 1.29 is 4.79 Å². The van der Waals surface area contributed by atoms with Crippen LogP contribution in [0.25, 0.3) is 22.0 Å². The molecule has 2 aromatic carbocycles. The van der Waals surface area contributed by atoms with Crippen molar-refractivity contribution in [2.75, 3.05) is 18.9 Å². The van der Waals surface area contributed by atoms with Gasteiger partial charge in [0, 0.05) is 30.2 Å². The number of carbonyl (C=O) groups excluding carboxylic acids is 1. The summed E-state index contributed by atoms with van der Waals surface area (Å²) >= 11 is 0. The lowest BCUT2D eigenvalue weighted by molar-refractivity contribution is 0.0794. The van der Waals surface area contributed by atoms with Gasteiger partial charge >= 0.3 is 0 Å². The molecule has 136 valence electrons. The van der Waals surface area contributed by atoms with Crippen LogP contribution in [0.2, 0.25) is 0 Å². The summed E-state index contributed by atoms with van der Waals surface area (Å²) in [4.78, 5) is 14.6. The second-order valence-electron chi connectivity index (χ2n) is 6.59. The number of aromatic nitrogens is 2. The Morgan fingerprint density at radius 3 is 2.89 bits per heavy atom. The van der Waals surface area contributed by atoms with E-state index in [1.807, 2.05) is 36.4 Å². The Kier molecular flexibility index (Phi) is 4.06. The zero-order valence-corrected chi connectivity index (χ0v) is 15.2. The van der Waals surface area contributed by atoms with E-state index in [0.717, 1.165) is 33.3 Å². The predicted molar refractivity (Wildman–Crippen MR) is 105 cm³/mol. The average Bonchev–Trinajstić information content (AvgIpc) is 3.28. The summed E-state index contributed by atoms with van der Waals surface area (Å²) in [7, 11) is 1.77. The number of nitriles is 2. The van der Waals surface area contributed by atoms with Crippen LogP contribution in [-0.4, -0.2) is 34.6 Å². The third kappa shape index (κ3) is 2.58. The van der Waals surface area contributed by atoms with Crippen molar-refractivity contribution in [1.29, 1.82) is 10.5 Å². The minimum atomic E-state index is -0.125. The van der Waals surface area contributed by atoms with Crippen LogP contribution >= 0.6 is 0 Å². The van der Waals surface area contributed by atoms with Crippen LogP contribution in [0.15, 0.2) is 42.5 Å². The fourth-order valence-corrected chi connectivity index (χ4v) is 3.62. The number of hydrogen-bond donors (Lipinski definition) is 2. The van der Waals surface area contributed by atoms with E-state index in [4.69, 9.17) is 5.26 Å². The Hall–Kier alpha value is -4.10. The van der Waals surface area contributed by atoms with Gasteiger partial charge in [0.05, 0.1) is 23.7 Å². The van der Waals surface area contributed by atoms with Crippen LogP contribution in [0.5, 0.6) is 0 Å². The van der Waals surface area contributed by atoms with E-state index in [0.29, 0.717) is 23.4 Å². The number of amides is 1. The van der Waals surface area contributed by atoms with Gasteiger partial charge in [0.25, 0.3) is 5.91 Å². The third-order valence-electron chi connectivity index (χ3n) is 4.95. The first kappa shape index (κ1) is 17.3. The summed E-state index contributed by atoms with van der Waals surface area (Å²) in [6.07, 6.45) is 0. The zero-order valence-electron chi connectivity index (χ0n) is 15.2. The molecular weight excluding hydrogens is 352 g/mol. The van der Waals surface area contributed by atoms with Gasteiger partial charge in [-0.3, -0.25) is 9.89 Å². The molecule has 4 rings (SSSR count). The molecule has 0 saturated carbocycles. The van der Waals surface area contributed by atoms with Gasteiger partial charge in [0.2, 0.25) is 0 Å². The van der Waals surface area contributed by atoms with E-state index in [1.165, 1.54) is 0 Å². The monoisotopic (exact) mass is 368 g/mol. The van der Waals surface area contributed by atoms with E-state index in [-0.39, 0.29) is 12.5 Å². The molecule has 1 aliphatic rings. The Bertz CT molecular complexity index is 1220. The average molecular weight is 368 g/mol. The third-order valence-corrected chi connectivity index (χ3v) is 4.95. The maximum absolute atomic E-state index is 13.0. The van der Waals surface area contributed by atoms with Crippen molar-refractivity contribution in [2.45, 2.75) is 6.54 Å². The maximum atomic E-state index is 13.0. The van der Waals surface area contributed by atoms with E-state index in [1.54, 1.807) is 11.9 Å². The Balaban J connectivity index is 1.86. The highest BCUT2D eigenvalue weighted by atomic mass is 16.2. The highest BCUT2D eigenvalue weighted by Crippen LogP contribution is 2.38. The quantitative estimate of drug-likeness (QED) is 0.688. The van der Waals surface area contributed by atoms with Gasteiger partial charge < -0.3 is 10.2 Å². The van der Waals surface area contributed by atoms with Crippen molar-refractivity contribution in [3.63, 3.8) is 0 Å². The molecule has 0 bridgehead atoms. The number of aromatic amines is 1. The highest BCUT2D eigenvalue weighted by Gasteiger charge is 2.32. The SMILES string of the molecule is C=C(C#N)CN1Cc2c(-c3ccc4[nH]nc(C#N)c4c3)ccc(NC)c2C1=O. The second kappa shape index (κ2) is 6.57. The van der Waals surface area contributed by atoms with Crippen LogP contribution in [0, 0.1) is 22.7 Å². The first-order valence-corrected chi connectivity index (χ1v) is 8.66. The van der Waals surface area contributed by atoms with E-state index in [9.17, 15) is 10.1 Å². The van der Waals surface area contributed by atoms with Gasteiger partial charge in [-0.15, -0.1) is 0 Å². The lowest BCUT2D eigenvalue weighted by atomic mass is 9.94. The van der Waals surface area contributed by atoms with Crippen LogP contribution in [0.3, 0.4) is 0 Å². The second-order valence-corrected chi connectivity index (χ2v) is 6.59. The number of carbonyl (C=O) groups is 1. The molecule has 0 saturated heterocycles. The summed E-state index contributed by atoms with van der Waals surface area (Å²) in [6, 6.07) is 13.7. The van der Waals surface area contributed by atoms with E-state index in [2.05, 4.69) is 28.2 Å². The molecule has 3 aromatic rings. The van der Waals surface area contributed by atoms with Gasteiger partial charge in [-0.25, -0.2) is 0 Å². The van der Waals surface area contributed by atoms with Gasteiger partial charge in [0.15, 0.2) is 5.69 Å². The minimum Gasteiger partial charge on any atom is -0.387 e. The molecule has 1 aliphatic heterocycles. The number of benzene rings is 2. The first-order valence-electron chi connectivity index (χ1n) is 8.66. The van der Waals surface area contributed by atoms with Gasteiger partial charge in [0.1, 0.15) is 6.07 Å². The Morgan fingerprint density at radius 1 is 1.36 bits per heavy atom. The molecule has 0 fully saturated rings. The number of rotatable bonds is 4. The van der Waals surface area contributed by atoms with Crippen LogP contribution < -0.4 is 5.32 Å². The van der Waals surface area contributed by atoms with Crippen molar-refractivity contribution in [2.24, 2.45) is 0 Å². The number of H-pyrrole nitrogens is 1. The van der Waals surface area contributed by atoms with Crippen molar-refractivity contribution in [3.8, 4) is 23.3 Å². The molecule has 1 amide bonds. The molecule has 0 spiro atoms. The lowest BCUT2D eigenvalue weighted by Gasteiger charge is -2.14. The first-order chi connectivity index (χ1) is 13.6. The van der Waals surface area contributed by atoms with Crippen LogP contribution in [-0.2, 0) is 6.54 Å². The molecule has 0 unspecified atom stereocenters. The van der Waals surface area contributed by atoms with Crippen molar-refractivity contribution >= 4 is 22.5 Å². The van der Waals surface area contributed by atoms with Crippen molar-refractivity contribution in [3.05, 3.63) is 59.3 Å². The normalized spacial score (nSPS) is 12.5. The Labute approximate surface area is 161 Å². The number of nitrogens with one attached hydrogen (secondary N) is 2. The minimum absolute atomic E-state index is 0.125. The summed E-state index contributed by atoms with van der Waals surface area (Å²) in [6.45, 7) is 4.29. The molecule has 7 nitrogen and oxygen atoms in total. The predicted octanol–water partition coefficient (Wildman–Crippen LogP) is 3.18. The van der Waals surface area contributed by atoms with Crippen LogP contribution in [0.1, 0.15) is 21.6 Å². The van der Waals surface area contributed by atoms with Crippen LogP contribution in [0.4, 0.5) is 5.69 Å². The smallest absolute Gasteiger partial charge is 0.256 e. The molecule has 0 radical (unpaired) electrons. The summed E-state index contributed by atoms with van der Waals surface area (Å²) in [5.74, 6) is -0.125. The molecular formula is C21H16N6O. The topological polar surface area (TPSA) is 109 Å². The summed E-state index contributed by atoms with van der Waals surface area (Å²) < 4.78 is 0. The van der Waals surface area contributed by atoms with E-state index < -0.39 is 0 Å². The van der Waals surface area contributed by atoms with Gasteiger partial charge in [-0.2, -0.15) is 15.6 Å². The number of anilines is 1. The molecule has 2 heterocycles. The molecule has 1 aromatic heterocycles. The summed E-state index contributed by atoms with van der Waals surface area (Å²) in [5.41, 5.74) is 5.53. The molecule has 0 aliphatic carbocycles. The Morgan fingerprint density at radius 2 is 2.18 bits per heavy atom. The maximum Gasteiger partial charge on any atom is 0.256 e. The highest BCUT2D eigenvalue weighted by molar-refractivity contribution is 6.06. The number of hydrogen-bond acceptors (Lipinski definition) is 5. The standard InChI is InChI=1S/C21H16N6O/c1-12(8-22)10-27-11-16-14(4-6-18(24-2)20(16)21(27)28)13-3-5-17-15(7-13)19(9-23)26-25-17/h3-7,24H,1,10-11H2,2H3,(H,25,26).